The van der Waals surface area contributed by atoms with Crippen molar-refractivity contribution in [2.45, 2.75) is 18.9 Å². The van der Waals surface area contributed by atoms with E-state index >= 15 is 0 Å². The number of aryl methyl sites for hydroxylation is 1. The maximum Gasteiger partial charge on any atom is 0.234 e. The lowest BCUT2D eigenvalue weighted by molar-refractivity contribution is -0.113. The molecule has 0 saturated carbocycles. The second-order valence-electron chi connectivity index (χ2n) is 5.56. The number of carbonyl (C=O) groups is 2. The molecule has 0 spiro atoms. The van der Waals surface area contributed by atoms with Crippen molar-refractivity contribution in [3.05, 3.63) is 59.9 Å². The summed E-state index contributed by atoms with van der Waals surface area (Å²) in [6.45, 7) is 3.35. The third-order valence-corrected chi connectivity index (χ3v) is 4.59. The molecular formula is C19H17N3O2S. The molecular weight excluding hydrogens is 334 g/mol. The van der Waals surface area contributed by atoms with Crippen LogP contribution >= 0.6 is 11.8 Å². The van der Waals surface area contributed by atoms with E-state index in [4.69, 9.17) is 0 Å². The summed E-state index contributed by atoms with van der Waals surface area (Å²) in [5.41, 5.74) is 2.16. The lowest BCUT2D eigenvalue weighted by Crippen LogP contribution is -2.14. The van der Waals surface area contributed by atoms with E-state index in [9.17, 15) is 9.59 Å². The second-order valence-corrected chi connectivity index (χ2v) is 6.53. The topological polar surface area (TPSA) is 72.0 Å². The molecule has 25 heavy (non-hydrogen) atoms. The summed E-state index contributed by atoms with van der Waals surface area (Å²) < 4.78 is 0. The van der Waals surface area contributed by atoms with Gasteiger partial charge >= 0.3 is 0 Å². The molecule has 1 N–H and O–H groups in total. The Morgan fingerprint density at radius 2 is 1.76 bits per heavy atom. The van der Waals surface area contributed by atoms with Crippen molar-refractivity contribution < 1.29 is 9.59 Å². The minimum Gasteiger partial charge on any atom is -0.325 e. The molecule has 6 heteroatoms. The Kier molecular flexibility index (Phi) is 5.09. The number of anilines is 1. The minimum atomic E-state index is -0.124. The fourth-order valence-electron chi connectivity index (χ4n) is 2.39. The Labute approximate surface area is 149 Å². The highest BCUT2D eigenvalue weighted by atomic mass is 32.2. The van der Waals surface area contributed by atoms with E-state index in [1.54, 1.807) is 24.3 Å². The highest BCUT2D eigenvalue weighted by Crippen LogP contribution is 2.25. The normalized spacial score (nSPS) is 10.6. The van der Waals surface area contributed by atoms with Crippen molar-refractivity contribution in [3.63, 3.8) is 0 Å². The number of Topliss-reactive ketones (excluding diaryl/α,β-unsaturated/α-hetero) is 1. The molecule has 0 fully saturated rings. The molecule has 0 saturated heterocycles. The van der Waals surface area contributed by atoms with Gasteiger partial charge in [-0.25, -0.2) is 9.97 Å². The quantitative estimate of drug-likeness (QED) is 0.429. The van der Waals surface area contributed by atoms with Crippen LogP contribution in [-0.2, 0) is 4.79 Å². The van der Waals surface area contributed by atoms with E-state index < -0.39 is 0 Å². The maximum absolute atomic E-state index is 12.2. The molecule has 5 nitrogen and oxygen atoms in total. The number of nitrogens with zero attached hydrogens (tertiary/aromatic N) is 2. The van der Waals surface area contributed by atoms with Gasteiger partial charge in [0.25, 0.3) is 0 Å². The molecule has 2 aromatic carbocycles. The molecule has 0 aliphatic heterocycles. The van der Waals surface area contributed by atoms with Gasteiger partial charge in [-0.2, -0.15) is 0 Å². The summed E-state index contributed by atoms with van der Waals surface area (Å²) in [4.78, 5) is 32.3. The second kappa shape index (κ2) is 7.44. The number of rotatable bonds is 5. The zero-order valence-corrected chi connectivity index (χ0v) is 14.8. The van der Waals surface area contributed by atoms with Gasteiger partial charge < -0.3 is 5.32 Å². The highest BCUT2D eigenvalue weighted by molar-refractivity contribution is 8.00. The summed E-state index contributed by atoms with van der Waals surface area (Å²) in [6.07, 6.45) is 0. The van der Waals surface area contributed by atoms with Crippen molar-refractivity contribution in [3.8, 4) is 0 Å². The number of carbonyl (C=O) groups excluding carboxylic acids is 2. The monoisotopic (exact) mass is 351 g/mol. The van der Waals surface area contributed by atoms with E-state index in [1.165, 1.54) is 18.7 Å². The van der Waals surface area contributed by atoms with Crippen molar-refractivity contribution in [1.82, 2.24) is 9.97 Å². The van der Waals surface area contributed by atoms with Gasteiger partial charge in [0.15, 0.2) is 5.78 Å². The number of amides is 1. The largest absolute Gasteiger partial charge is 0.325 e. The zero-order valence-electron chi connectivity index (χ0n) is 13.9. The number of thioether (sulfide) groups is 1. The van der Waals surface area contributed by atoms with Crippen LogP contribution in [0.5, 0.6) is 0 Å². The van der Waals surface area contributed by atoms with Crippen LogP contribution in [0.2, 0.25) is 0 Å². The van der Waals surface area contributed by atoms with E-state index in [1.807, 2.05) is 31.2 Å². The Bertz CT molecular complexity index is 939. The number of hydrogen-bond donors (Lipinski definition) is 1. The predicted octanol–water partition coefficient (Wildman–Crippen LogP) is 3.87. The number of para-hydroxylation sites is 1. The van der Waals surface area contributed by atoms with Crippen LogP contribution in [0.25, 0.3) is 10.9 Å². The number of aromatic nitrogens is 2. The Hall–Kier alpha value is -2.73. The SMILES string of the molecule is CC(=O)c1ccc(NC(=O)CSc2nc(C)nc3ccccc23)cc1. The Balaban J connectivity index is 1.67. The van der Waals surface area contributed by atoms with Crippen molar-refractivity contribution in [2.24, 2.45) is 0 Å². The number of benzene rings is 2. The molecule has 0 bridgehead atoms. The third-order valence-electron chi connectivity index (χ3n) is 3.60. The molecule has 0 aliphatic rings. The van der Waals surface area contributed by atoms with Gasteiger partial charge in [0, 0.05) is 16.6 Å². The molecule has 0 unspecified atom stereocenters. The fourth-order valence-corrected chi connectivity index (χ4v) is 3.25. The molecule has 0 radical (unpaired) electrons. The van der Waals surface area contributed by atoms with E-state index in [0.717, 1.165) is 15.9 Å². The van der Waals surface area contributed by atoms with Crippen LogP contribution in [0.1, 0.15) is 23.1 Å². The first kappa shape index (κ1) is 17.1. The van der Waals surface area contributed by atoms with Gasteiger partial charge in [-0.05, 0) is 44.2 Å². The molecule has 1 heterocycles. The summed E-state index contributed by atoms with van der Waals surface area (Å²) in [5, 5.41) is 4.56. The molecule has 126 valence electrons. The highest BCUT2D eigenvalue weighted by Gasteiger charge is 2.09. The van der Waals surface area contributed by atoms with Crippen molar-refractivity contribution in [2.75, 3.05) is 11.1 Å². The number of nitrogens with one attached hydrogen (secondary N) is 1. The fraction of sp³-hybridized carbons (Fsp3) is 0.158. The van der Waals surface area contributed by atoms with Gasteiger partial charge in [0.1, 0.15) is 10.9 Å². The first-order valence-electron chi connectivity index (χ1n) is 7.80. The third kappa shape index (κ3) is 4.22. The van der Waals surface area contributed by atoms with Crippen molar-refractivity contribution in [1.29, 1.82) is 0 Å². The maximum atomic E-state index is 12.2. The Morgan fingerprint density at radius 3 is 2.48 bits per heavy atom. The van der Waals surface area contributed by atoms with Crippen LogP contribution in [0.3, 0.4) is 0 Å². The van der Waals surface area contributed by atoms with Crippen molar-refractivity contribution >= 4 is 40.0 Å². The molecule has 3 aromatic rings. The van der Waals surface area contributed by atoms with Gasteiger partial charge in [0.2, 0.25) is 5.91 Å². The molecule has 1 aromatic heterocycles. The van der Waals surface area contributed by atoms with Gasteiger partial charge in [-0.1, -0.05) is 30.0 Å². The smallest absolute Gasteiger partial charge is 0.234 e. The Morgan fingerprint density at radius 1 is 1.04 bits per heavy atom. The van der Waals surface area contributed by atoms with Crippen LogP contribution < -0.4 is 5.32 Å². The zero-order chi connectivity index (χ0) is 17.8. The lowest BCUT2D eigenvalue weighted by atomic mass is 10.1. The lowest BCUT2D eigenvalue weighted by Gasteiger charge is -2.08. The molecule has 0 aliphatic carbocycles. The predicted molar refractivity (Wildman–Crippen MR) is 100 cm³/mol. The first-order valence-corrected chi connectivity index (χ1v) is 8.78. The van der Waals surface area contributed by atoms with Crippen LogP contribution in [0.4, 0.5) is 5.69 Å². The summed E-state index contributed by atoms with van der Waals surface area (Å²) >= 11 is 1.38. The minimum absolute atomic E-state index is 0.000517. The van der Waals surface area contributed by atoms with Crippen LogP contribution in [-0.4, -0.2) is 27.4 Å². The van der Waals surface area contributed by atoms with Crippen LogP contribution in [0, 0.1) is 6.92 Å². The molecule has 1 amide bonds. The van der Waals surface area contributed by atoms with E-state index in [0.29, 0.717) is 17.1 Å². The number of ketones is 1. The number of hydrogen-bond acceptors (Lipinski definition) is 5. The van der Waals surface area contributed by atoms with Gasteiger partial charge in [0.05, 0.1) is 11.3 Å². The summed E-state index contributed by atoms with van der Waals surface area (Å²) in [5.74, 6) is 0.802. The van der Waals surface area contributed by atoms with E-state index in [-0.39, 0.29) is 17.4 Å². The average molecular weight is 351 g/mol. The summed E-state index contributed by atoms with van der Waals surface area (Å²) in [7, 11) is 0. The van der Waals surface area contributed by atoms with Gasteiger partial charge in [-0.3, -0.25) is 9.59 Å². The van der Waals surface area contributed by atoms with E-state index in [2.05, 4.69) is 15.3 Å². The molecule has 3 rings (SSSR count). The standard InChI is InChI=1S/C19H17N3O2S/c1-12(23)14-7-9-15(10-8-14)22-18(24)11-25-19-16-5-3-4-6-17(16)20-13(2)21-19/h3-10H,11H2,1-2H3,(H,22,24). The molecule has 0 atom stereocenters. The van der Waals surface area contributed by atoms with Gasteiger partial charge in [-0.15, -0.1) is 0 Å². The average Bonchev–Trinajstić information content (AvgIpc) is 2.60. The first-order chi connectivity index (χ1) is 12.0. The summed E-state index contributed by atoms with van der Waals surface area (Å²) in [6, 6.07) is 14.6. The van der Waals surface area contributed by atoms with Crippen LogP contribution in [0.15, 0.2) is 53.6 Å². The number of fused-ring (bicyclic) bond motifs is 1.